The van der Waals surface area contributed by atoms with Gasteiger partial charge in [0.05, 0.1) is 20.0 Å². The summed E-state index contributed by atoms with van der Waals surface area (Å²) in [5, 5.41) is 0. The normalized spacial score (nSPS) is 27.6. The summed E-state index contributed by atoms with van der Waals surface area (Å²) >= 11 is 0. The number of carbonyl (C=O) groups is 1. The predicted octanol–water partition coefficient (Wildman–Crippen LogP) is 3.31. The van der Waals surface area contributed by atoms with Gasteiger partial charge in [-0.2, -0.15) is 0 Å². The van der Waals surface area contributed by atoms with E-state index in [4.69, 9.17) is 4.74 Å². The van der Waals surface area contributed by atoms with Crippen molar-refractivity contribution >= 4 is 5.97 Å². The Morgan fingerprint density at radius 3 is 2.35 bits per heavy atom. The molecular weight excluding hydrogens is 250 g/mol. The maximum atomic E-state index is 12.4. The Morgan fingerprint density at radius 1 is 1.30 bits per heavy atom. The zero-order valence-electron chi connectivity index (χ0n) is 13.2. The van der Waals surface area contributed by atoms with E-state index in [0.29, 0.717) is 6.04 Å². The highest BCUT2D eigenvalue weighted by molar-refractivity contribution is 5.75. The number of likely N-dealkylation sites (tertiary alicyclic amines) is 1. The fourth-order valence-corrected chi connectivity index (χ4v) is 2.93. The molecule has 1 aromatic carbocycles. The van der Waals surface area contributed by atoms with E-state index < -0.39 is 5.60 Å². The molecule has 3 heteroatoms. The van der Waals surface area contributed by atoms with Gasteiger partial charge in [0.25, 0.3) is 0 Å². The Balaban J connectivity index is 2.13. The molecule has 0 N–H and O–H groups in total. The molecule has 110 valence electrons. The van der Waals surface area contributed by atoms with Crippen molar-refractivity contribution in [2.75, 3.05) is 13.6 Å². The lowest BCUT2D eigenvalue weighted by Crippen LogP contribution is -2.67. The highest BCUT2D eigenvalue weighted by Crippen LogP contribution is 2.38. The van der Waals surface area contributed by atoms with Gasteiger partial charge in [0.1, 0.15) is 11.6 Å². The molecule has 20 heavy (non-hydrogen) atoms. The molecule has 0 saturated carbocycles. The second-order valence-electron chi connectivity index (χ2n) is 7.00. The number of carbonyl (C=O) groups excluding carboxylic acids is 1. The lowest BCUT2D eigenvalue weighted by atomic mass is 9.91. The van der Waals surface area contributed by atoms with Crippen LogP contribution in [0.4, 0.5) is 0 Å². The number of ether oxygens (including phenoxy) is 1. The van der Waals surface area contributed by atoms with E-state index in [1.165, 1.54) is 5.56 Å². The molecule has 0 unspecified atom stereocenters. The van der Waals surface area contributed by atoms with Crippen LogP contribution >= 0.6 is 0 Å². The lowest BCUT2D eigenvalue weighted by molar-refractivity contribution is -0.989. The number of esters is 1. The largest absolute Gasteiger partial charge is 0.456 e. The zero-order chi connectivity index (χ0) is 15.0. The van der Waals surface area contributed by atoms with Crippen LogP contribution < -0.4 is 0 Å². The number of rotatable bonds is 3. The molecule has 3 atom stereocenters. The summed E-state index contributed by atoms with van der Waals surface area (Å²) in [6.45, 7) is 9.00. The van der Waals surface area contributed by atoms with E-state index in [-0.39, 0.29) is 12.0 Å². The Kier molecular flexibility index (Phi) is 3.92. The van der Waals surface area contributed by atoms with E-state index in [9.17, 15) is 4.79 Å². The molecule has 0 amide bonds. The van der Waals surface area contributed by atoms with Crippen molar-refractivity contribution in [3.63, 3.8) is 0 Å². The number of hydrogen-bond donors (Lipinski definition) is 0. The third-order valence-electron chi connectivity index (χ3n) is 4.44. The zero-order valence-corrected chi connectivity index (χ0v) is 13.2. The summed E-state index contributed by atoms with van der Waals surface area (Å²) in [6.07, 6.45) is 0.919. The Labute approximate surface area is 122 Å². The van der Waals surface area contributed by atoms with Crippen LogP contribution in [0, 0.1) is 0 Å². The molecule has 1 fully saturated rings. The van der Waals surface area contributed by atoms with Gasteiger partial charge in [-0.25, -0.2) is 4.79 Å². The molecule has 0 radical (unpaired) electrons. The second-order valence-corrected chi connectivity index (χ2v) is 7.00. The average molecular weight is 276 g/mol. The van der Waals surface area contributed by atoms with Gasteiger partial charge in [-0.05, 0) is 27.7 Å². The first-order valence-electron chi connectivity index (χ1n) is 7.37. The van der Waals surface area contributed by atoms with Crippen molar-refractivity contribution in [2.24, 2.45) is 0 Å². The molecule has 1 aliphatic rings. The van der Waals surface area contributed by atoms with Crippen molar-refractivity contribution in [3.8, 4) is 0 Å². The van der Waals surface area contributed by atoms with E-state index >= 15 is 0 Å². The van der Waals surface area contributed by atoms with Gasteiger partial charge in [0, 0.05) is 5.56 Å². The van der Waals surface area contributed by atoms with E-state index in [2.05, 4.69) is 38.2 Å². The minimum atomic E-state index is -0.409. The lowest BCUT2D eigenvalue weighted by Gasteiger charge is -2.52. The molecule has 1 aromatic rings. The topological polar surface area (TPSA) is 26.3 Å². The maximum Gasteiger partial charge on any atom is 0.365 e. The van der Waals surface area contributed by atoms with Gasteiger partial charge >= 0.3 is 5.97 Å². The van der Waals surface area contributed by atoms with E-state index in [1.54, 1.807) is 0 Å². The van der Waals surface area contributed by atoms with Crippen molar-refractivity contribution < 1.29 is 14.0 Å². The van der Waals surface area contributed by atoms with Crippen LogP contribution in [0.25, 0.3) is 0 Å². The van der Waals surface area contributed by atoms with Gasteiger partial charge in [-0.3, -0.25) is 0 Å². The maximum absolute atomic E-state index is 12.4. The summed E-state index contributed by atoms with van der Waals surface area (Å²) in [6, 6.07) is 10.7. The third kappa shape index (κ3) is 2.88. The SMILES string of the molecule is C[C@@H](c1ccccc1)[N@@+]1(C)CC[C@@H]1C(=O)OC(C)(C)C. The number of nitrogens with zero attached hydrogens (tertiary/aromatic N) is 1. The molecule has 1 aliphatic heterocycles. The first-order valence-corrected chi connectivity index (χ1v) is 7.37. The van der Waals surface area contributed by atoms with Crippen LogP contribution in [0.5, 0.6) is 0 Å². The van der Waals surface area contributed by atoms with Crippen molar-refractivity contribution in [1.29, 1.82) is 0 Å². The Hall–Kier alpha value is -1.35. The molecule has 2 rings (SSSR count). The van der Waals surface area contributed by atoms with Crippen LogP contribution in [0.15, 0.2) is 30.3 Å². The van der Waals surface area contributed by atoms with Crippen LogP contribution in [-0.4, -0.2) is 35.7 Å². The van der Waals surface area contributed by atoms with Crippen molar-refractivity contribution in [1.82, 2.24) is 0 Å². The van der Waals surface area contributed by atoms with Gasteiger partial charge in [-0.1, -0.05) is 30.3 Å². The molecule has 0 aromatic heterocycles. The summed E-state index contributed by atoms with van der Waals surface area (Å²) in [5.41, 5.74) is 0.872. The quantitative estimate of drug-likeness (QED) is 0.625. The fourth-order valence-electron chi connectivity index (χ4n) is 2.93. The molecule has 0 bridgehead atoms. The minimum Gasteiger partial charge on any atom is -0.456 e. The van der Waals surface area contributed by atoms with Crippen molar-refractivity contribution in [2.45, 2.75) is 51.8 Å². The van der Waals surface area contributed by atoms with Crippen LogP contribution in [0.1, 0.15) is 45.7 Å². The van der Waals surface area contributed by atoms with E-state index in [1.807, 2.05) is 26.8 Å². The van der Waals surface area contributed by atoms with Crippen LogP contribution in [0.3, 0.4) is 0 Å². The minimum absolute atomic E-state index is 0.0376. The van der Waals surface area contributed by atoms with Gasteiger partial charge in [0.15, 0.2) is 6.04 Å². The Morgan fingerprint density at radius 2 is 1.90 bits per heavy atom. The van der Waals surface area contributed by atoms with Crippen molar-refractivity contribution in [3.05, 3.63) is 35.9 Å². The predicted molar refractivity (Wildman–Crippen MR) is 80.2 cm³/mol. The van der Waals surface area contributed by atoms with E-state index in [0.717, 1.165) is 17.4 Å². The van der Waals surface area contributed by atoms with Gasteiger partial charge < -0.3 is 9.22 Å². The first kappa shape index (κ1) is 15.0. The number of quaternary nitrogens is 1. The summed E-state index contributed by atoms with van der Waals surface area (Å²) < 4.78 is 6.32. The highest BCUT2D eigenvalue weighted by Gasteiger charge is 2.52. The molecule has 3 nitrogen and oxygen atoms in total. The van der Waals surface area contributed by atoms with Gasteiger partial charge in [0.2, 0.25) is 0 Å². The summed E-state index contributed by atoms with van der Waals surface area (Å²) in [5.74, 6) is -0.0611. The molecule has 0 spiro atoms. The number of benzene rings is 1. The molecule has 0 aliphatic carbocycles. The highest BCUT2D eigenvalue weighted by atomic mass is 16.6. The number of hydrogen-bond acceptors (Lipinski definition) is 2. The molecule has 1 heterocycles. The monoisotopic (exact) mass is 276 g/mol. The standard InChI is InChI=1S/C17H26NO2/c1-13(14-9-7-6-8-10-14)18(5)12-11-15(18)16(19)20-17(2,3)4/h6-10,13,15H,11-12H2,1-5H3/q+1/t13-,15+,18+/m0/s1. The van der Waals surface area contributed by atoms with Gasteiger partial charge in [-0.15, -0.1) is 0 Å². The first-order chi connectivity index (χ1) is 9.24. The molecular formula is C17H26NO2+. The average Bonchev–Trinajstić information content (AvgIpc) is 2.34. The summed E-state index contributed by atoms with van der Waals surface area (Å²) in [7, 11) is 2.16. The number of likely N-dealkylation sites (N-methyl/N-ethyl adjacent to an activating group) is 1. The van der Waals surface area contributed by atoms with Crippen LogP contribution in [-0.2, 0) is 9.53 Å². The third-order valence-corrected chi connectivity index (χ3v) is 4.44. The fraction of sp³-hybridized carbons (Fsp3) is 0.588. The second kappa shape index (κ2) is 5.21. The summed E-state index contributed by atoms with van der Waals surface area (Å²) in [4.78, 5) is 12.4. The Bertz CT molecular complexity index is 478. The molecule has 1 saturated heterocycles. The van der Waals surface area contributed by atoms with Crippen LogP contribution in [0.2, 0.25) is 0 Å². The smallest absolute Gasteiger partial charge is 0.365 e.